The van der Waals surface area contributed by atoms with Gasteiger partial charge in [-0.1, -0.05) is 0 Å². The lowest BCUT2D eigenvalue weighted by atomic mass is 10.7. The predicted molar refractivity (Wildman–Crippen MR) is 76.3 cm³/mol. The zero-order valence-corrected chi connectivity index (χ0v) is 12.9. The van der Waals surface area contributed by atoms with E-state index in [1.54, 1.807) is 0 Å². The molecule has 0 radical (unpaired) electrons. The molecule has 0 heterocycles. The van der Waals surface area contributed by atoms with E-state index in [9.17, 15) is 0 Å². The second-order valence-electron chi connectivity index (χ2n) is 3.84. The van der Waals surface area contributed by atoms with Gasteiger partial charge in [-0.15, -0.1) is 0 Å². The molecule has 0 aromatic carbocycles. The Morgan fingerprint density at radius 2 is 0.550 bits per heavy atom. The van der Waals surface area contributed by atoms with Gasteiger partial charge in [-0.25, -0.2) is 0 Å². The Morgan fingerprint density at radius 3 is 0.750 bits per heavy atom. The Bertz CT molecular complexity index is 150. The fourth-order valence-corrected chi connectivity index (χ4v) is 1.29. The van der Waals surface area contributed by atoms with Crippen LogP contribution in [0, 0.1) is 0 Å². The minimum Gasteiger partial charge on any atom is -0.379 e. The first-order valence-electron chi connectivity index (χ1n) is 7.38. The highest BCUT2D eigenvalue weighted by atomic mass is 16.6. The second kappa shape index (κ2) is 18.8. The minimum absolute atomic E-state index is 0.577. The van der Waals surface area contributed by atoms with Crippen LogP contribution in [-0.4, -0.2) is 79.3 Å². The van der Waals surface area contributed by atoms with Crippen molar-refractivity contribution in [3.63, 3.8) is 0 Å². The van der Waals surface area contributed by atoms with Gasteiger partial charge in [-0.2, -0.15) is 0 Å². The summed E-state index contributed by atoms with van der Waals surface area (Å²) in [6.07, 6.45) is 0. The van der Waals surface area contributed by atoms with Gasteiger partial charge in [0.25, 0.3) is 0 Å². The van der Waals surface area contributed by atoms with Crippen LogP contribution in [0.1, 0.15) is 13.8 Å². The first kappa shape index (κ1) is 19.8. The maximum absolute atomic E-state index is 5.35. The molecule has 0 bridgehead atoms. The average molecular weight is 294 g/mol. The van der Waals surface area contributed by atoms with Gasteiger partial charge < -0.3 is 28.4 Å². The lowest BCUT2D eigenvalue weighted by molar-refractivity contribution is -0.0156. The van der Waals surface area contributed by atoms with Crippen LogP contribution in [0.4, 0.5) is 0 Å². The van der Waals surface area contributed by atoms with Crippen molar-refractivity contribution in [1.82, 2.24) is 0 Å². The van der Waals surface area contributed by atoms with Crippen molar-refractivity contribution in [3.8, 4) is 0 Å². The van der Waals surface area contributed by atoms with Gasteiger partial charge >= 0.3 is 0 Å². The van der Waals surface area contributed by atoms with E-state index in [1.165, 1.54) is 0 Å². The fourth-order valence-electron chi connectivity index (χ4n) is 1.29. The predicted octanol–water partition coefficient (Wildman–Crippen LogP) is 1.13. The van der Waals surface area contributed by atoms with E-state index >= 15 is 0 Å². The summed E-state index contributed by atoms with van der Waals surface area (Å²) in [6.45, 7) is 11.4. The SMILES string of the molecule is CCOCCOCCOCCOCCOCCOCC. The quantitative estimate of drug-likeness (QED) is 0.375. The molecule has 0 aromatic rings. The molecule has 0 rings (SSSR count). The van der Waals surface area contributed by atoms with Crippen molar-refractivity contribution in [2.45, 2.75) is 13.8 Å². The van der Waals surface area contributed by atoms with Crippen molar-refractivity contribution < 1.29 is 28.4 Å². The third-order valence-corrected chi connectivity index (χ3v) is 2.27. The topological polar surface area (TPSA) is 55.4 Å². The van der Waals surface area contributed by atoms with E-state index in [2.05, 4.69) is 0 Å². The molecule has 0 aliphatic carbocycles. The molecular weight excluding hydrogens is 264 g/mol. The molecule has 0 atom stereocenters. The molecule has 0 saturated carbocycles. The summed E-state index contributed by atoms with van der Waals surface area (Å²) in [6, 6.07) is 0. The highest BCUT2D eigenvalue weighted by molar-refractivity contribution is 4.36. The monoisotopic (exact) mass is 294 g/mol. The first-order chi connectivity index (χ1) is 9.91. The minimum atomic E-state index is 0.577. The maximum Gasteiger partial charge on any atom is 0.0701 e. The van der Waals surface area contributed by atoms with Crippen LogP contribution in [0.25, 0.3) is 0 Å². The normalized spacial score (nSPS) is 11.1. The summed E-state index contributed by atoms with van der Waals surface area (Å²) in [5.74, 6) is 0. The van der Waals surface area contributed by atoms with Crippen molar-refractivity contribution in [3.05, 3.63) is 0 Å². The van der Waals surface area contributed by atoms with Crippen LogP contribution in [0.2, 0.25) is 0 Å². The Balaban J connectivity index is 2.89. The number of hydrogen-bond acceptors (Lipinski definition) is 6. The molecule has 6 heteroatoms. The largest absolute Gasteiger partial charge is 0.379 e. The molecule has 0 aliphatic rings. The lowest BCUT2D eigenvalue weighted by Gasteiger charge is -2.07. The smallest absolute Gasteiger partial charge is 0.0701 e. The Morgan fingerprint density at radius 1 is 0.350 bits per heavy atom. The van der Waals surface area contributed by atoms with Crippen molar-refractivity contribution in [2.24, 2.45) is 0 Å². The van der Waals surface area contributed by atoms with Crippen molar-refractivity contribution >= 4 is 0 Å². The zero-order valence-electron chi connectivity index (χ0n) is 12.9. The summed E-state index contributed by atoms with van der Waals surface area (Å²) in [5, 5.41) is 0. The molecule has 122 valence electrons. The van der Waals surface area contributed by atoms with E-state index in [4.69, 9.17) is 28.4 Å². The maximum atomic E-state index is 5.35. The summed E-state index contributed by atoms with van der Waals surface area (Å²) < 4.78 is 31.6. The summed E-state index contributed by atoms with van der Waals surface area (Å²) >= 11 is 0. The van der Waals surface area contributed by atoms with Crippen LogP contribution < -0.4 is 0 Å². The third kappa shape index (κ3) is 17.8. The first-order valence-corrected chi connectivity index (χ1v) is 7.38. The molecular formula is C14H30O6. The van der Waals surface area contributed by atoms with Crippen LogP contribution in [0.5, 0.6) is 0 Å². The lowest BCUT2D eigenvalue weighted by Crippen LogP contribution is -2.14. The standard InChI is InChI=1S/C14H30O6/c1-3-15-5-7-17-9-11-19-13-14-20-12-10-18-8-6-16-4-2/h3-14H2,1-2H3. The van der Waals surface area contributed by atoms with Crippen LogP contribution in [0.15, 0.2) is 0 Å². The van der Waals surface area contributed by atoms with Gasteiger partial charge in [-0.3, -0.25) is 0 Å². The summed E-state index contributed by atoms with van der Waals surface area (Å²) in [7, 11) is 0. The molecule has 0 spiro atoms. The number of rotatable bonds is 17. The van der Waals surface area contributed by atoms with Crippen molar-refractivity contribution in [2.75, 3.05) is 79.3 Å². The molecule has 0 saturated heterocycles. The highest BCUT2D eigenvalue weighted by Crippen LogP contribution is 1.84. The van der Waals surface area contributed by atoms with E-state index in [0.29, 0.717) is 66.1 Å². The van der Waals surface area contributed by atoms with Gasteiger partial charge in [-0.05, 0) is 13.8 Å². The Kier molecular flexibility index (Phi) is 18.5. The fraction of sp³-hybridized carbons (Fsp3) is 1.00. The molecule has 0 amide bonds. The van der Waals surface area contributed by atoms with E-state index in [0.717, 1.165) is 13.2 Å². The van der Waals surface area contributed by atoms with Crippen LogP contribution in [0.3, 0.4) is 0 Å². The van der Waals surface area contributed by atoms with Crippen molar-refractivity contribution in [1.29, 1.82) is 0 Å². The Hall–Kier alpha value is -0.240. The number of hydrogen-bond donors (Lipinski definition) is 0. The van der Waals surface area contributed by atoms with Crippen LogP contribution >= 0.6 is 0 Å². The third-order valence-electron chi connectivity index (χ3n) is 2.27. The van der Waals surface area contributed by atoms with Gasteiger partial charge in [0.05, 0.1) is 66.1 Å². The van der Waals surface area contributed by atoms with Gasteiger partial charge in [0.15, 0.2) is 0 Å². The summed E-state index contributed by atoms with van der Waals surface area (Å²) in [4.78, 5) is 0. The number of ether oxygens (including phenoxy) is 6. The van der Waals surface area contributed by atoms with E-state index in [1.807, 2.05) is 13.8 Å². The zero-order chi connectivity index (χ0) is 14.7. The Labute approximate surface area is 122 Å². The molecule has 0 unspecified atom stereocenters. The second-order valence-corrected chi connectivity index (χ2v) is 3.84. The van der Waals surface area contributed by atoms with E-state index in [-0.39, 0.29) is 0 Å². The molecule has 0 aromatic heterocycles. The van der Waals surface area contributed by atoms with Crippen LogP contribution in [-0.2, 0) is 28.4 Å². The van der Waals surface area contributed by atoms with Gasteiger partial charge in [0.2, 0.25) is 0 Å². The molecule has 20 heavy (non-hydrogen) atoms. The van der Waals surface area contributed by atoms with Gasteiger partial charge in [0, 0.05) is 13.2 Å². The molecule has 0 fully saturated rings. The average Bonchev–Trinajstić information content (AvgIpc) is 2.47. The molecule has 0 aliphatic heterocycles. The molecule has 6 nitrogen and oxygen atoms in total. The van der Waals surface area contributed by atoms with E-state index < -0.39 is 0 Å². The summed E-state index contributed by atoms with van der Waals surface area (Å²) in [5.41, 5.74) is 0. The highest BCUT2D eigenvalue weighted by Gasteiger charge is 1.93. The van der Waals surface area contributed by atoms with Gasteiger partial charge in [0.1, 0.15) is 0 Å². The molecule has 0 N–H and O–H groups in total.